The van der Waals surface area contributed by atoms with Gasteiger partial charge in [0.1, 0.15) is 0 Å². The number of hydrogen-bond donors (Lipinski definition) is 1. The van der Waals surface area contributed by atoms with Gasteiger partial charge in [-0.15, -0.1) is 0 Å². The highest BCUT2D eigenvalue weighted by Gasteiger charge is 2.26. The van der Waals surface area contributed by atoms with Gasteiger partial charge in [0.25, 0.3) is 0 Å². The fourth-order valence-electron chi connectivity index (χ4n) is 1.56. The number of aldehydes is 1. The molecule has 0 radical (unpaired) electrons. The summed E-state index contributed by atoms with van der Waals surface area (Å²) in [5.41, 5.74) is 1.02. The predicted octanol–water partition coefficient (Wildman–Crippen LogP) is 2.04. The lowest BCUT2D eigenvalue weighted by Gasteiger charge is -2.11. The first kappa shape index (κ1) is 10.4. The molecule has 1 aliphatic heterocycles. The van der Waals surface area contributed by atoms with E-state index in [4.69, 9.17) is 9.47 Å². The molecule has 0 saturated carbocycles. The lowest BCUT2D eigenvalue weighted by Crippen LogP contribution is -1.98. The summed E-state index contributed by atoms with van der Waals surface area (Å²) in [4.78, 5) is 10.8. The maximum absolute atomic E-state index is 10.8. The monoisotopic (exact) mass is 272 g/mol. The minimum Gasteiger partial charge on any atom is -0.453 e. The van der Waals surface area contributed by atoms with Crippen molar-refractivity contribution in [1.29, 1.82) is 0 Å². The van der Waals surface area contributed by atoms with Crippen LogP contribution >= 0.6 is 15.9 Å². The normalized spacial score (nSPS) is 15.1. The quantitative estimate of drug-likeness (QED) is 0.838. The van der Waals surface area contributed by atoms with Crippen LogP contribution in [0, 0.1) is 0 Å². The highest BCUT2D eigenvalue weighted by molar-refractivity contribution is 9.10. The SMILES string of the molecule is CC(O)c1c(Br)cc(C=O)c2c1OCO2. The molecule has 15 heavy (non-hydrogen) atoms. The van der Waals surface area contributed by atoms with Crippen molar-refractivity contribution in [2.24, 2.45) is 0 Å². The average Bonchev–Trinajstić information content (AvgIpc) is 2.63. The number of hydrogen-bond acceptors (Lipinski definition) is 4. The number of aliphatic hydroxyl groups excluding tert-OH is 1. The number of aliphatic hydroxyl groups is 1. The van der Waals surface area contributed by atoms with E-state index in [2.05, 4.69) is 15.9 Å². The van der Waals surface area contributed by atoms with Crippen LogP contribution in [0.5, 0.6) is 11.5 Å². The van der Waals surface area contributed by atoms with E-state index in [1.807, 2.05) is 0 Å². The second-order valence-electron chi connectivity index (χ2n) is 3.22. The van der Waals surface area contributed by atoms with Crippen molar-refractivity contribution in [1.82, 2.24) is 0 Å². The van der Waals surface area contributed by atoms with Crippen LogP contribution in [0.15, 0.2) is 10.5 Å². The van der Waals surface area contributed by atoms with E-state index in [1.54, 1.807) is 13.0 Å². The smallest absolute Gasteiger partial charge is 0.231 e. The van der Waals surface area contributed by atoms with Crippen molar-refractivity contribution >= 4 is 22.2 Å². The molecule has 0 fully saturated rings. The Morgan fingerprint density at radius 2 is 2.20 bits per heavy atom. The highest BCUT2D eigenvalue weighted by Crippen LogP contribution is 2.44. The number of fused-ring (bicyclic) bond motifs is 1. The predicted molar refractivity (Wildman–Crippen MR) is 56.3 cm³/mol. The van der Waals surface area contributed by atoms with Crippen LogP contribution in [0.1, 0.15) is 28.9 Å². The van der Waals surface area contributed by atoms with Crippen molar-refractivity contribution in [2.45, 2.75) is 13.0 Å². The molecule has 80 valence electrons. The summed E-state index contributed by atoms with van der Waals surface area (Å²) in [6.07, 6.45) is 0.0138. The van der Waals surface area contributed by atoms with Crippen LogP contribution in [0.3, 0.4) is 0 Å². The molecule has 1 aliphatic rings. The Morgan fingerprint density at radius 1 is 1.53 bits per heavy atom. The van der Waals surface area contributed by atoms with Crippen molar-refractivity contribution in [3.8, 4) is 11.5 Å². The van der Waals surface area contributed by atoms with Crippen molar-refractivity contribution in [3.05, 3.63) is 21.7 Å². The summed E-state index contributed by atoms with van der Waals surface area (Å²) in [5.74, 6) is 0.852. The molecular weight excluding hydrogens is 264 g/mol. The minimum absolute atomic E-state index is 0.0757. The molecule has 0 aromatic heterocycles. The van der Waals surface area contributed by atoms with Crippen molar-refractivity contribution < 1.29 is 19.4 Å². The van der Waals surface area contributed by atoms with Gasteiger partial charge in [0.15, 0.2) is 17.8 Å². The number of carbonyl (C=O) groups excluding carboxylic acids is 1. The molecular formula is C10H9BrO4. The van der Waals surface area contributed by atoms with Gasteiger partial charge in [-0.3, -0.25) is 4.79 Å². The Labute approximate surface area is 94.9 Å². The third-order valence-corrected chi connectivity index (χ3v) is 2.86. The maximum atomic E-state index is 10.8. The van der Waals surface area contributed by atoms with Gasteiger partial charge in [-0.2, -0.15) is 0 Å². The zero-order valence-corrected chi connectivity index (χ0v) is 9.58. The summed E-state index contributed by atoms with van der Waals surface area (Å²) in [6, 6.07) is 1.61. The molecule has 4 nitrogen and oxygen atoms in total. The third-order valence-electron chi connectivity index (χ3n) is 2.20. The topological polar surface area (TPSA) is 55.8 Å². The average molecular weight is 273 g/mol. The number of benzene rings is 1. The van der Waals surface area contributed by atoms with E-state index < -0.39 is 6.10 Å². The molecule has 1 N–H and O–H groups in total. The van der Waals surface area contributed by atoms with Crippen LogP contribution in [0.4, 0.5) is 0 Å². The Kier molecular flexibility index (Phi) is 2.67. The summed E-state index contributed by atoms with van der Waals surface area (Å²) in [6.45, 7) is 1.70. The summed E-state index contributed by atoms with van der Waals surface area (Å²) in [5, 5.41) is 9.58. The molecule has 1 unspecified atom stereocenters. The van der Waals surface area contributed by atoms with Crippen LogP contribution < -0.4 is 9.47 Å². The zero-order valence-electron chi connectivity index (χ0n) is 7.99. The Bertz CT molecular complexity index is 414. The third kappa shape index (κ3) is 1.61. The fraction of sp³-hybridized carbons (Fsp3) is 0.300. The van der Waals surface area contributed by atoms with Gasteiger partial charge < -0.3 is 14.6 Å². The minimum atomic E-state index is -0.685. The zero-order chi connectivity index (χ0) is 11.0. The number of halogens is 1. The van der Waals surface area contributed by atoms with E-state index in [0.717, 1.165) is 0 Å². The van der Waals surface area contributed by atoms with Gasteiger partial charge in [0, 0.05) is 10.0 Å². The molecule has 1 aromatic rings. The standard InChI is InChI=1S/C10H9BrO4/c1-5(13)8-7(11)2-6(3-12)9-10(8)15-4-14-9/h2-3,5,13H,4H2,1H3. The van der Waals surface area contributed by atoms with Crippen LogP contribution in [-0.4, -0.2) is 18.2 Å². The first-order valence-electron chi connectivity index (χ1n) is 4.40. The van der Waals surface area contributed by atoms with Gasteiger partial charge >= 0.3 is 0 Å². The van der Waals surface area contributed by atoms with E-state index >= 15 is 0 Å². The molecule has 1 heterocycles. The van der Waals surface area contributed by atoms with Gasteiger partial charge in [-0.05, 0) is 13.0 Å². The first-order chi connectivity index (χ1) is 7.15. The van der Waals surface area contributed by atoms with Crippen molar-refractivity contribution in [3.63, 3.8) is 0 Å². The van der Waals surface area contributed by atoms with E-state index in [9.17, 15) is 9.90 Å². The van der Waals surface area contributed by atoms with Crippen LogP contribution in [-0.2, 0) is 0 Å². The van der Waals surface area contributed by atoms with E-state index in [1.165, 1.54) is 0 Å². The lowest BCUT2D eigenvalue weighted by atomic mass is 10.1. The Hall–Kier alpha value is -1.07. The molecule has 2 rings (SSSR count). The van der Waals surface area contributed by atoms with Crippen molar-refractivity contribution in [2.75, 3.05) is 6.79 Å². The summed E-state index contributed by atoms with van der Waals surface area (Å²) in [7, 11) is 0. The molecule has 0 bridgehead atoms. The van der Waals surface area contributed by atoms with Crippen LogP contribution in [0.2, 0.25) is 0 Å². The molecule has 0 saturated heterocycles. The second-order valence-corrected chi connectivity index (χ2v) is 4.07. The lowest BCUT2D eigenvalue weighted by molar-refractivity contribution is 0.111. The summed E-state index contributed by atoms with van der Waals surface area (Å²) >= 11 is 3.29. The molecule has 0 aliphatic carbocycles. The number of rotatable bonds is 2. The maximum Gasteiger partial charge on any atom is 0.231 e. The van der Waals surface area contributed by atoms with Gasteiger partial charge in [-0.25, -0.2) is 0 Å². The van der Waals surface area contributed by atoms with E-state index in [-0.39, 0.29) is 6.79 Å². The molecule has 1 atom stereocenters. The second kappa shape index (κ2) is 3.83. The Morgan fingerprint density at radius 3 is 2.80 bits per heavy atom. The first-order valence-corrected chi connectivity index (χ1v) is 5.19. The molecule has 0 amide bonds. The molecule has 0 spiro atoms. The fourth-order valence-corrected chi connectivity index (χ4v) is 2.32. The van der Waals surface area contributed by atoms with Gasteiger partial charge in [0.2, 0.25) is 6.79 Å². The van der Waals surface area contributed by atoms with Gasteiger partial charge in [-0.1, -0.05) is 15.9 Å². The number of ether oxygens (including phenoxy) is 2. The number of carbonyl (C=O) groups is 1. The largest absolute Gasteiger partial charge is 0.453 e. The molecule has 5 heteroatoms. The van der Waals surface area contributed by atoms with Crippen LogP contribution in [0.25, 0.3) is 0 Å². The Balaban J connectivity index is 2.68. The van der Waals surface area contributed by atoms with E-state index in [0.29, 0.717) is 33.4 Å². The summed E-state index contributed by atoms with van der Waals surface area (Å²) < 4.78 is 11.1. The molecule has 1 aromatic carbocycles. The van der Waals surface area contributed by atoms with Gasteiger partial charge in [0.05, 0.1) is 11.7 Å². The highest BCUT2D eigenvalue weighted by atomic mass is 79.9.